The van der Waals surface area contributed by atoms with E-state index in [0.29, 0.717) is 22.7 Å². The third kappa shape index (κ3) is 2.58. The van der Waals surface area contributed by atoms with E-state index in [0.717, 1.165) is 25.1 Å². The van der Waals surface area contributed by atoms with Crippen LogP contribution in [0.3, 0.4) is 0 Å². The van der Waals surface area contributed by atoms with E-state index in [1.54, 1.807) is 22.2 Å². The number of hydrogen-bond donors (Lipinski definition) is 1. The van der Waals surface area contributed by atoms with Crippen molar-refractivity contribution in [3.05, 3.63) is 33.0 Å². The van der Waals surface area contributed by atoms with Crippen molar-refractivity contribution >= 4 is 12.2 Å². The van der Waals surface area contributed by atoms with Crippen molar-refractivity contribution in [2.45, 2.75) is 32.4 Å². The number of aryl methyl sites for hydroxylation is 1. The van der Waals surface area contributed by atoms with Crippen LogP contribution in [0.15, 0.2) is 16.9 Å². The minimum absolute atomic E-state index is 0.0531. The highest BCUT2D eigenvalue weighted by Crippen LogP contribution is 2.16. The standard InChI is InChI=1S/C14H18N4O2S/c1-9-5-6-11(12-15-16-14(21)17(12)2)13(19)18(9)8-10-4-3-7-20-10/h5-6,10H,3-4,7-8H2,1-2H3,(H,16,21). The van der Waals surface area contributed by atoms with Gasteiger partial charge in [-0.15, -0.1) is 0 Å². The van der Waals surface area contributed by atoms with E-state index in [2.05, 4.69) is 10.2 Å². The molecule has 112 valence electrons. The van der Waals surface area contributed by atoms with Gasteiger partial charge in [0.25, 0.3) is 5.56 Å². The lowest BCUT2D eigenvalue weighted by Crippen LogP contribution is -2.29. The van der Waals surface area contributed by atoms with Crippen molar-refractivity contribution in [1.82, 2.24) is 19.3 Å². The first kappa shape index (κ1) is 14.2. The molecule has 3 heterocycles. The molecule has 1 aliphatic rings. The fraction of sp³-hybridized carbons (Fsp3) is 0.500. The first-order chi connectivity index (χ1) is 10.1. The highest BCUT2D eigenvalue weighted by Gasteiger charge is 2.19. The molecule has 21 heavy (non-hydrogen) atoms. The van der Waals surface area contributed by atoms with Gasteiger partial charge in [-0.1, -0.05) is 0 Å². The molecule has 0 saturated carbocycles. The van der Waals surface area contributed by atoms with Gasteiger partial charge in [0.1, 0.15) is 0 Å². The van der Waals surface area contributed by atoms with Gasteiger partial charge in [-0.05, 0) is 44.1 Å². The molecule has 1 atom stereocenters. The summed E-state index contributed by atoms with van der Waals surface area (Å²) >= 11 is 5.11. The molecule has 1 N–H and O–H groups in total. The predicted molar refractivity (Wildman–Crippen MR) is 81.8 cm³/mol. The number of ether oxygens (including phenoxy) is 1. The lowest BCUT2D eigenvalue weighted by molar-refractivity contribution is 0.0957. The second-order valence-electron chi connectivity index (χ2n) is 5.35. The molecule has 0 radical (unpaired) electrons. The third-order valence-corrected chi connectivity index (χ3v) is 4.29. The smallest absolute Gasteiger partial charge is 0.261 e. The van der Waals surface area contributed by atoms with E-state index in [1.807, 2.05) is 13.0 Å². The van der Waals surface area contributed by atoms with Gasteiger partial charge in [0.15, 0.2) is 10.6 Å². The van der Waals surface area contributed by atoms with E-state index >= 15 is 0 Å². The maximum Gasteiger partial charge on any atom is 0.261 e. The summed E-state index contributed by atoms with van der Waals surface area (Å²) in [7, 11) is 1.80. The monoisotopic (exact) mass is 306 g/mol. The zero-order valence-electron chi connectivity index (χ0n) is 12.1. The van der Waals surface area contributed by atoms with Gasteiger partial charge in [0, 0.05) is 19.3 Å². The summed E-state index contributed by atoms with van der Waals surface area (Å²) in [5.74, 6) is 0.561. The van der Waals surface area contributed by atoms with E-state index in [1.165, 1.54) is 0 Å². The molecule has 1 unspecified atom stereocenters. The normalized spacial score (nSPS) is 18.3. The van der Waals surface area contributed by atoms with Crippen LogP contribution in [-0.2, 0) is 18.3 Å². The predicted octanol–water partition coefficient (Wildman–Crippen LogP) is 1.79. The van der Waals surface area contributed by atoms with Crippen LogP contribution in [0.25, 0.3) is 11.4 Å². The van der Waals surface area contributed by atoms with Crippen LogP contribution in [0.5, 0.6) is 0 Å². The van der Waals surface area contributed by atoms with Gasteiger partial charge in [-0.2, -0.15) is 5.10 Å². The molecule has 0 spiro atoms. The summed E-state index contributed by atoms with van der Waals surface area (Å²) in [6, 6.07) is 3.73. The number of pyridine rings is 1. The zero-order valence-corrected chi connectivity index (χ0v) is 12.9. The molecule has 0 aliphatic carbocycles. The first-order valence-corrected chi connectivity index (χ1v) is 7.42. The van der Waals surface area contributed by atoms with E-state index in [4.69, 9.17) is 17.0 Å². The van der Waals surface area contributed by atoms with Crippen LogP contribution in [0.4, 0.5) is 0 Å². The first-order valence-electron chi connectivity index (χ1n) is 7.01. The maximum atomic E-state index is 12.7. The summed E-state index contributed by atoms with van der Waals surface area (Å²) < 4.78 is 9.61. The van der Waals surface area contributed by atoms with Crippen molar-refractivity contribution in [2.75, 3.05) is 6.61 Å². The SMILES string of the molecule is Cc1ccc(-c2n[nH]c(=S)n2C)c(=O)n1CC1CCCO1. The Morgan fingerprint density at radius 2 is 2.33 bits per heavy atom. The molecule has 1 fully saturated rings. The molecule has 7 heteroatoms. The molecular formula is C14H18N4O2S. The lowest BCUT2D eigenvalue weighted by atomic mass is 10.2. The highest BCUT2D eigenvalue weighted by atomic mass is 32.1. The second kappa shape index (κ2) is 5.57. The van der Waals surface area contributed by atoms with Crippen molar-refractivity contribution in [3.8, 4) is 11.4 Å². The van der Waals surface area contributed by atoms with E-state index in [9.17, 15) is 4.79 Å². The molecule has 0 bridgehead atoms. The Morgan fingerprint density at radius 1 is 1.52 bits per heavy atom. The Balaban J connectivity index is 2.05. The van der Waals surface area contributed by atoms with E-state index < -0.39 is 0 Å². The summed E-state index contributed by atoms with van der Waals surface area (Å²) in [5, 5.41) is 6.86. The number of nitrogens with one attached hydrogen (secondary N) is 1. The van der Waals surface area contributed by atoms with Gasteiger partial charge in [-0.25, -0.2) is 0 Å². The molecule has 6 nitrogen and oxygen atoms in total. The topological polar surface area (TPSA) is 64.8 Å². The number of nitrogens with zero attached hydrogens (tertiary/aromatic N) is 3. The lowest BCUT2D eigenvalue weighted by Gasteiger charge is -2.15. The molecule has 2 aromatic rings. The molecule has 2 aromatic heterocycles. The van der Waals surface area contributed by atoms with Gasteiger partial charge in [0.2, 0.25) is 0 Å². The van der Waals surface area contributed by atoms with Crippen molar-refractivity contribution in [2.24, 2.45) is 7.05 Å². The summed E-state index contributed by atoms with van der Waals surface area (Å²) in [6.07, 6.45) is 2.19. The molecular weight excluding hydrogens is 288 g/mol. The Hall–Kier alpha value is -1.73. The second-order valence-corrected chi connectivity index (χ2v) is 5.74. The maximum absolute atomic E-state index is 12.7. The van der Waals surface area contributed by atoms with Gasteiger partial charge in [-0.3, -0.25) is 9.89 Å². The average molecular weight is 306 g/mol. The Morgan fingerprint density at radius 3 is 2.95 bits per heavy atom. The molecule has 0 amide bonds. The fourth-order valence-corrected chi connectivity index (χ4v) is 2.78. The number of hydrogen-bond acceptors (Lipinski definition) is 4. The summed E-state index contributed by atoms with van der Waals surface area (Å²) in [5.41, 5.74) is 1.42. The van der Waals surface area contributed by atoms with Crippen LogP contribution in [0.1, 0.15) is 18.5 Å². The third-order valence-electron chi connectivity index (χ3n) is 3.92. The molecule has 3 rings (SSSR count). The zero-order chi connectivity index (χ0) is 15.0. The Bertz CT molecular complexity index is 768. The fourth-order valence-electron chi connectivity index (χ4n) is 2.65. The number of aromatic amines is 1. The average Bonchev–Trinajstić information content (AvgIpc) is 3.08. The van der Waals surface area contributed by atoms with Crippen LogP contribution < -0.4 is 5.56 Å². The highest BCUT2D eigenvalue weighted by molar-refractivity contribution is 7.71. The number of H-pyrrole nitrogens is 1. The number of rotatable bonds is 3. The summed E-state index contributed by atoms with van der Waals surface area (Å²) in [6.45, 7) is 3.31. The van der Waals surface area contributed by atoms with Crippen molar-refractivity contribution in [1.29, 1.82) is 0 Å². The van der Waals surface area contributed by atoms with Crippen LogP contribution in [0, 0.1) is 11.7 Å². The van der Waals surface area contributed by atoms with Crippen LogP contribution in [-0.4, -0.2) is 32.0 Å². The minimum Gasteiger partial charge on any atom is -0.376 e. The van der Waals surface area contributed by atoms with Gasteiger partial charge < -0.3 is 13.9 Å². The quantitative estimate of drug-likeness (QED) is 0.878. The van der Waals surface area contributed by atoms with Crippen LogP contribution >= 0.6 is 12.2 Å². The summed E-state index contributed by atoms with van der Waals surface area (Å²) in [4.78, 5) is 12.7. The largest absolute Gasteiger partial charge is 0.376 e. The van der Waals surface area contributed by atoms with Crippen molar-refractivity contribution < 1.29 is 4.74 Å². The minimum atomic E-state index is -0.0531. The van der Waals surface area contributed by atoms with Crippen molar-refractivity contribution in [3.63, 3.8) is 0 Å². The molecule has 0 aromatic carbocycles. The van der Waals surface area contributed by atoms with E-state index in [-0.39, 0.29) is 11.7 Å². The van der Waals surface area contributed by atoms with Gasteiger partial charge >= 0.3 is 0 Å². The Kier molecular flexibility index (Phi) is 3.77. The van der Waals surface area contributed by atoms with Gasteiger partial charge in [0.05, 0.1) is 18.2 Å². The molecule has 1 aliphatic heterocycles. The number of aromatic nitrogens is 4. The Labute approximate surface area is 127 Å². The molecule has 1 saturated heterocycles. The van der Waals surface area contributed by atoms with Crippen LogP contribution in [0.2, 0.25) is 0 Å².